The van der Waals surface area contributed by atoms with Gasteiger partial charge in [0.05, 0.1) is 24.8 Å². The van der Waals surface area contributed by atoms with Crippen molar-refractivity contribution < 1.29 is 9.53 Å². The van der Waals surface area contributed by atoms with Crippen LogP contribution < -0.4 is 5.32 Å². The molecule has 6 heteroatoms. The van der Waals surface area contributed by atoms with Gasteiger partial charge in [0.1, 0.15) is 0 Å². The summed E-state index contributed by atoms with van der Waals surface area (Å²) in [5.41, 5.74) is 2.86. The van der Waals surface area contributed by atoms with Crippen molar-refractivity contribution in [2.24, 2.45) is 0 Å². The van der Waals surface area contributed by atoms with Crippen LogP contribution in [0.2, 0.25) is 0 Å². The highest BCUT2D eigenvalue weighted by Crippen LogP contribution is 2.18. The van der Waals surface area contributed by atoms with Gasteiger partial charge in [0.15, 0.2) is 0 Å². The molecule has 0 radical (unpaired) electrons. The molecular formula is C19H22BrN3O2. The molecule has 0 saturated carbocycles. The first kappa shape index (κ1) is 18.0. The van der Waals surface area contributed by atoms with E-state index < -0.39 is 0 Å². The van der Waals surface area contributed by atoms with Crippen LogP contribution in [0.25, 0.3) is 0 Å². The van der Waals surface area contributed by atoms with E-state index in [0.29, 0.717) is 5.56 Å². The smallest absolute Gasteiger partial charge is 0.253 e. The van der Waals surface area contributed by atoms with Gasteiger partial charge < -0.3 is 10.1 Å². The average Bonchev–Trinajstić information content (AvgIpc) is 2.62. The highest BCUT2D eigenvalue weighted by molar-refractivity contribution is 9.10. The number of rotatable bonds is 5. The summed E-state index contributed by atoms with van der Waals surface area (Å²) in [7, 11) is 0. The second-order valence-electron chi connectivity index (χ2n) is 6.24. The Bertz CT molecular complexity index is 715. The molecule has 1 aromatic carbocycles. The van der Waals surface area contributed by atoms with Crippen LogP contribution in [0.1, 0.15) is 27.5 Å². The van der Waals surface area contributed by atoms with Crippen LogP contribution in [0.3, 0.4) is 0 Å². The van der Waals surface area contributed by atoms with E-state index in [9.17, 15) is 4.79 Å². The Hall–Kier alpha value is -1.76. The van der Waals surface area contributed by atoms with Crippen molar-refractivity contribution in [3.8, 4) is 0 Å². The summed E-state index contributed by atoms with van der Waals surface area (Å²) in [6.07, 6.45) is 3.25. The summed E-state index contributed by atoms with van der Waals surface area (Å²) in [4.78, 5) is 19.1. The van der Waals surface area contributed by atoms with Crippen LogP contribution in [0.5, 0.6) is 0 Å². The number of aromatic nitrogens is 1. The van der Waals surface area contributed by atoms with E-state index >= 15 is 0 Å². The number of aryl methyl sites for hydroxylation is 1. The minimum Gasteiger partial charge on any atom is -0.379 e. The zero-order valence-electron chi connectivity index (χ0n) is 14.2. The average molecular weight is 404 g/mol. The highest BCUT2D eigenvalue weighted by Gasteiger charge is 2.21. The summed E-state index contributed by atoms with van der Waals surface area (Å²) in [5, 5.41) is 3.16. The molecular weight excluding hydrogens is 382 g/mol. The molecule has 1 amide bonds. The number of pyridine rings is 1. The minimum absolute atomic E-state index is 0.0785. The van der Waals surface area contributed by atoms with Gasteiger partial charge in [-0.05, 0) is 34.5 Å². The molecule has 25 heavy (non-hydrogen) atoms. The third-order valence-electron chi connectivity index (χ3n) is 4.30. The van der Waals surface area contributed by atoms with E-state index in [1.54, 1.807) is 18.5 Å². The van der Waals surface area contributed by atoms with Gasteiger partial charge in [0.2, 0.25) is 0 Å². The fraction of sp³-hybridized carbons (Fsp3) is 0.368. The van der Waals surface area contributed by atoms with Crippen LogP contribution in [0, 0.1) is 6.92 Å². The Balaban J connectivity index is 1.77. The lowest BCUT2D eigenvalue weighted by molar-refractivity contribution is 0.0332. The Morgan fingerprint density at radius 3 is 2.68 bits per heavy atom. The van der Waals surface area contributed by atoms with Crippen molar-refractivity contribution in [2.75, 3.05) is 32.8 Å². The van der Waals surface area contributed by atoms with Crippen molar-refractivity contribution in [3.05, 3.63) is 63.9 Å². The van der Waals surface area contributed by atoms with Crippen LogP contribution in [0.15, 0.2) is 47.2 Å². The van der Waals surface area contributed by atoms with E-state index in [1.807, 2.05) is 0 Å². The lowest BCUT2D eigenvalue weighted by Crippen LogP contribution is -2.43. The van der Waals surface area contributed by atoms with E-state index in [-0.39, 0.29) is 11.9 Å². The van der Waals surface area contributed by atoms with E-state index in [2.05, 4.69) is 62.3 Å². The zero-order chi connectivity index (χ0) is 17.6. The standard InChI is InChI=1S/C19H22BrN3O2/c1-14-2-4-15(5-3-14)18(13-23-6-8-25-9-7-23)22-19(24)16-10-17(20)12-21-11-16/h2-5,10-12,18H,6-9,13H2,1H3,(H,22,24)/t18-/m1/s1. The van der Waals surface area contributed by atoms with E-state index in [4.69, 9.17) is 4.74 Å². The number of amides is 1. The molecule has 0 unspecified atom stereocenters. The van der Waals surface area contributed by atoms with Crippen LogP contribution in [-0.4, -0.2) is 48.6 Å². The Morgan fingerprint density at radius 2 is 2.00 bits per heavy atom. The zero-order valence-corrected chi connectivity index (χ0v) is 15.8. The van der Waals surface area contributed by atoms with E-state index in [1.165, 1.54) is 5.56 Å². The number of morpholine rings is 1. The van der Waals surface area contributed by atoms with E-state index in [0.717, 1.165) is 42.9 Å². The second-order valence-corrected chi connectivity index (χ2v) is 7.16. The fourth-order valence-corrected chi connectivity index (χ4v) is 3.22. The lowest BCUT2D eigenvalue weighted by atomic mass is 10.0. The molecule has 1 aliphatic rings. The molecule has 1 aromatic heterocycles. The quantitative estimate of drug-likeness (QED) is 0.833. The molecule has 0 aliphatic carbocycles. The van der Waals surface area contributed by atoms with Gasteiger partial charge in [-0.15, -0.1) is 0 Å². The Morgan fingerprint density at radius 1 is 1.28 bits per heavy atom. The molecule has 1 atom stereocenters. The number of hydrogen-bond acceptors (Lipinski definition) is 4. The molecule has 1 fully saturated rings. The molecule has 0 bridgehead atoms. The normalized spacial score (nSPS) is 16.4. The number of halogens is 1. The minimum atomic E-state index is -0.118. The molecule has 0 spiro atoms. The van der Waals surface area contributed by atoms with Crippen molar-refractivity contribution in [1.29, 1.82) is 0 Å². The molecule has 132 valence electrons. The number of nitrogens with one attached hydrogen (secondary N) is 1. The topological polar surface area (TPSA) is 54.5 Å². The van der Waals surface area contributed by atoms with Crippen molar-refractivity contribution in [2.45, 2.75) is 13.0 Å². The van der Waals surface area contributed by atoms with Gasteiger partial charge in [-0.2, -0.15) is 0 Å². The molecule has 1 N–H and O–H groups in total. The molecule has 2 aromatic rings. The molecule has 5 nitrogen and oxygen atoms in total. The van der Waals surface area contributed by atoms with Crippen molar-refractivity contribution in [3.63, 3.8) is 0 Å². The maximum Gasteiger partial charge on any atom is 0.253 e. The largest absolute Gasteiger partial charge is 0.379 e. The first-order chi connectivity index (χ1) is 12.1. The van der Waals surface area contributed by atoms with Gasteiger partial charge >= 0.3 is 0 Å². The molecule has 1 saturated heterocycles. The fourth-order valence-electron chi connectivity index (χ4n) is 2.85. The van der Waals surface area contributed by atoms with Crippen LogP contribution in [0.4, 0.5) is 0 Å². The van der Waals surface area contributed by atoms with Crippen LogP contribution in [-0.2, 0) is 4.74 Å². The lowest BCUT2D eigenvalue weighted by Gasteiger charge is -2.31. The summed E-state index contributed by atoms with van der Waals surface area (Å²) in [5.74, 6) is -0.118. The predicted molar refractivity (Wildman–Crippen MR) is 101 cm³/mol. The number of carbonyl (C=O) groups excluding carboxylic acids is 1. The summed E-state index contributed by atoms with van der Waals surface area (Å²) in [6, 6.07) is 10.0. The molecule has 1 aliphatic heterocycles. The predicted octanol–water partition coefficient (Wildman–Crippen LogP) is 2.96. The number of benzene rings is 1. The molecule has 2 heterocycles. The van der Waals surface area contributed by atoms with Gasteiger partial charge in [-0.25, -0.2) is 0 Å². The van der Waals surface area contributed by atoms with Gasteiger partial charge in [0.25, 0.3) is 5.91 Å². The summed E-state index contributed by atoms with van der Waals surface area (Å²) < 4.78 is 6.22. The maximum atomic E-state index is 12.7. The number of ether oxygens (including phenoxy) is 1. The van der Waals surface area contributed by atoms with Gasteiger partial charge in [-0.1, -0.05) is 29.8 Å². The summed E-state index contributed by atoms with van der Waals surface area (Å²) in [6.45, 7) is 6.08. The third kappa shape index (κ3) is 5.11. The number of carbonyl (C=O) groups is 1. The van der Waals surface area contributed by atoms with Gasteiger partial charge in [-0.3, -0.25) is 14.7 Å². The Kier molecular flexibility index (Phi) is 6.18. The monoisotopic (exact) mass is 403 g/mol. The molecule has 3 rings (SSSR count). The third-order valence-corrected chi connectivity index (χ3v) is 4.73. The number of hydrogen-bond donors (Lipinski definition) is 1. The highest BCUT2D eigenvalue weighted by atomic mass is 79.9. The second kappa shape index (κ2) is 8.56. The maximum absolute atomic E-state index is 12.7. The SMILES string of the molecule is Cc1ccc([C@@H](CN2CCOCC2)NC(=O)c2cncc(Br)c2)cc1. The number of nitrogens with zero attached hydrogens (tertiary/aromatic N) is 2. The Labute approximate surface area is 156 Å². The first-order valence-electron chi connectivity index (χ1n) is 8.40. The first-order valence-corrected chi connectivity index (χ1v) is 9.19. The van der Waals surface area contributed by atoms with Crippen molar-refractivity contribution in [1.82, 2.24) is 15.2 Å². The summed E-state index contributed by atoms with van der Waals surface area (Å²) >= 11 is 3.36. The van der Waals surface area contributed by atoms with Crippen molar-refractivity contribution >= 4 is 21.8 Å². The van der Waals surface area contributed by atoms with Gasteiger partial charge in [0, 0.05) is 36.5 Å². The van der Waals surface area contributed by atoms with Crippen LogP contribution >= 0.6 is 15.9 Å².